The first-order valence-corrected chi connectivity index (χ1v) is 12.4. The Hall–Kier alpha value is -3.06. The molecule has 1 aromatic carbocycles. The van der Waals surface area contributed by atoms with Gasteiger partial charge in [-0.15, -0.1) is 0 Å². The third-order valence-corrected chi connectivity index (χ3v) is 7.68. The fraction of sp³-hybridized carbons (Fsp3) is 0.524. The molecule has 0 spiro atoms. The van der Waals surface area contributed by atoms with Crippen LogP contribution in [-0.4, -0.2) is 84.7 Å². The summed E-state index contributed by atoms with van der Waals surface area (Å²) < 4.78 is 40.4. The van der Waals surface area contributed by atoms with Gasteiger partial charge in [-0.3, -0.25) is 19.2 Å². The molecule has 0 aliphatic carbocycles. The van der Waals surface area contributed by atoms with Gasteiger partial charge in [0.15, 0.2) is 0 Å². The number of halogens is 1. The molecule has 2 atom stereocenters. The number of nitrogens with one attached hydrogen (secondary N) is 2. The zero-order valence-corrected chi connectivity index (χ0v) is 19.2. The van der Waals surface area contributed by atoms with E-state index in [0.717, 1.165) is 28.6 Å². The lowest BCUT2D eigenvalue weighted by Gasteiger charge is -2.40. The molecule has 13 heteroatoms. The molecule has 0 bridgehead atoms. The molecule has 0 unspecified atom stereocenters. The van der Waals surface area contributed by atoms with Gasteiger partial charge < -0.3 is 20.6 Å². The molecule has 34 heavy (non-hydrogen) atoms. The summed E-state index contributed by atoms with van der Waals surface area (Å²) in [7, 11) is -4.07. The Morgan fingerprint density at radius 3 is 2.50 bits per heavy atom. The number of hydrogen-bond acceptors (Lipinski definition) is 6. The van der Waals surface area contributed by atoms with Gasteiger partial charge in [0.2, 0.25) is 27.7 Å². The first-order chi connectivity index (χ1) is 16.1. The second kappa shape index (κ2) is 10.9. The van der Waals surface area contributed by atoms with E-state index in [0.29, 0.717) is 19.4 Å². The van der Waals surface area contributed by atoms with Crippen molar-refractivity contribution in [1.82, 2.24) is 19.8 Å². The van der Waals surface area contributed by atoms with Crippen LogP contribution in [0.3, 0.4) is 0 Å². The number of piperazine rings is 1. The van der Waals surface area contributed by atoms with E-state index in [1.54, 1.807) is 0 Å². The number of piperidine rings is 1. The van der Waals surface area contributed by atoms with Crippen molar-refractivity contribution in [3.05, 3.63) is 30.1 Å². The summed E-state index contributed by atoms with van der Waals surface area (Å²) in [5.74, 6) is -3.16. The van der Waals surface area contributed by atoms with Crippen LogP contribution in [0, 0.1) is 5.82 Å². The smallest absolute Gasteiger partial charge is 0.303 e. The van der Waals surface area contributed by atoms with Crippen molar-refractivity contribution in [3.8, 4) is 0 Å². The van der Waals surface area contributed by atoms with E-state index < -0.39 is 45.7 Å². The minimum Gasteiger partial charge on any atom is -0.481 e. The van der Waals surface area contributed by atoms with Gasteiger partial charge in [0.1, 0.15) is 17.9 Å². The second-order valence-electron chi connectivity index (χ2n) is 8.16. The number of nitrogens with zero attached hydrogens (tertiary/aromatic N) is 2. The molecule has 3 rings (SSSR count). The zero-order chi connectivity index (χ0) is 24.9. The van der Waals surface area contributed by atoms with Crippen LogP contribution in [0.1, 0.15) is 32.1 Å². The molecule has 0 radical (unpaired) electrons. The van der Waals surface area contributed by atoms with Gasteiger partial charge in [-0.1, -0.05) is 0 Å². The molecule has 2 fully saturated rings. The van der Waals surface area contributed by atoms with Crippen molar-refractivity contribution >= 4 is 33.7 Å². The molecular weight excluding hydrogens is 471 g/mol. The molecule has 3 N–H and O–H groups in total. The maximum absolute atomic E-state index is 13.3. The molecule has 186 valence electrons. The van der Waals surface area contributed by atoms with Crippen LogP contribution < -0.4 is 10.6 Å². The van der Waals surface area contributed by atoms with E-state index in [2.05, 4.69) is 10.6 Å². The molecule has 11 nitrogen and oxygen atoms in total. The minimum atomic E-state index is -4.07. The summed E-state index contributed by atoms with van der Waals surface area (Å²) in [5.41, 5.74) is 0. The lowest BCUT2D eigenvalue weighted by molar-refractivity contribution is -0.144. The molecule has 2 aliphatic heterocycles. The summed E-state index contributed by atoms with van der Waals surface area (Å²) in [6.07, 6.45) is 0.800. The lowest BCUT2D eigenvalue weighted by atomic mass is 10.1. The Kier molecular flexibility index (Phi) is 8.20. The van der Waals surface area contributed by atoms with Gasteiger partial charge in [-0.2, -0.15) is 4.31 Å². The highest BCUT2D eigenvalue weighted by molar-refractivity contribution is 7.89. The predicted octanol–water partition coefficient (Wildman–Crippen LogP) is -0.323. The van der Waals surface area contributed by atoms with Crippen LogP contribution in [0.2, 0.25) is 0 Å². The number of rotatable bonds is 8. The maximum atomic E-state index is 13.3. The number of hydrogen-bond donors (Lipinski definition) is 3. The van der Waals surface area contributed by atoms with Gasteiger partial charge in [-0.05, 0) is 43.5 Å². The van der Waals surface area contributed by atoms with E-state index >= 15 is 0 Å². The van der Waals surface area contributed by atoms with E-state index in [1.165, 1.54) is 4.90 Å². The second-order valence-corrected chi connectivity index (χ2v) is 10.1. The quantitative estimate of drug-likeness (QED) is 0.444. The third-order valence-electron chi connectivity index (χ3n) is 5.80. The van der Waals surface area contributed by atoms with Crippen LogP contribution in [0.15, 0.2) is 29.2 Å². The first kappa shape index (κ1) is 25.6. The molecule has 0 saturated carbocycles. The van der Waals surface area contributed by atoms with Crippen LogP contribution in [-0.2, 0) is 29.2 Å². The minimum absolute atomic E-state index is 0.0711. The SMILES string of the molecule is O=C(O)CCCC(=O)N1CCN(S(=O)(=O)c2ccc(F)cc2)C[C@H]1C(=O)N[C@@H]1CCCNC1=O. The topological polar surface area (TPSA) is 153 Å². The van der Waals surface area contributed by atoms with Crippen LogP contribution in [0.4, 0.5) is 4.39 Å². The van der Waals surface area contributed by atoms with Crippen LogP contribution in [0.25, 0.3) is 0 Å². The summed E-state index contributed by atoms with van der Waals surface area (Å²) in [6.45, 7) is -0.0591. The number of carboxylic acid groups (broad SMARTS) is 1. The molecule has 3 amide bonds. The van der Waals surface area contributed by atoms with Gasteiger partial charge in [0.25, 0.3) is 0 Å². The molecular formula is C21H27FN4O7S. The summed E-state index contributed by atoms with van der Waals surface area (Å²) in [6, 6.07) is 2.26. The summed E-state index contributed by atoms with van der Waals surface area (Å²) in [5, 5.41) is 14.1. The summed E-state index contributed by atoms with van der Waals surface area (Å²) >= 11 is 0. The summed E-state index contributed by atoms with van der Waals surface area (Å²) in [4.78, 5) is 49.8. The Balaban J connectivity index is 1.80. The van der Waals surface area contributed by atoms with Crippen molar-refractivity contribution < 1.29 is 37.1 Å². The molecule has 2 saturated heterocycles. The highest BCUT2D eigenvalue weighted by Crippen LogP contribution is 2.22. The highest BCUT2D eigenvalue weighted by atomic mass is 32.2. The average molecular weight is 499 g/mol. The fourth-order valence-corrected chi connectivity index (χ4v) is 5.40. The van der Waals surface area contributed by atoms with Crippen LogP contribution >= 0.6 is 0 Å². The molecule has 1 aromatic rings. The van der Waals surface area contributed by atoms with Gasteiger partial charge >= 0.3 is 5.97 Å². The maximum Gasteiger partial charge on any atom is 0.303 e. The van der Waals surface area contributed by atoms with Crippen molar-refractivity contribution in [2.75, 3.05) is 26.2 Å². The number of carbonyl (C=O) groups is 4. The van der Waals surface area contributed by atoms with E-state index in [-0.39, 0.29) is 49.7 Å². The Labute approximate surface area is 196 Å². The normalized spacial score (nSPS) is 21.6. The fourth-order valence-electron chi connectivity index (χ4n) is 3.97. The van der Waals surface area contributed by atoms with E-state index in [9.17, 15) is 32.0 Å². The lowest BCUT2D eigenvalue weighted by Crippen LogP contribution is -2.63. The van der Waals surface area contributed by atoms with Crippen molar-refractivity contribution in [2.24, 2.45) is 0 Å². The monoisotopic (exact) mass is 498 g/mol. The first-order valence-electron chi connectivity index (χ1n) is 10.9. The van der Waals surface area contributed by atoms with Gasteiger partial charge in [0, 0.05) is 39.0 Å². The van der Waals surface area contributed by atoms with E-state index in [1.807, 2.05) is 0 Å². The predicted molar refractivity (Wildman–Crippen MR) is 116 cm³/mol. The number of amides is 3. The number of benzene rings is 1. The van der Waals surface area contributed by atoms with Crippen LogP contribution in [0.5, 0.6) is 0 Å². The molecule has 0 aromatic heterocycles. The Bertz CT molecular complexity index is 1050. The number of sulfonamides is 1. The highest BCUT2D eigenvalue weighted by Gasteiger charge is 2.40. The zero-order valence-electron chi connectivity index (χ0n) is 18.4. The van der Waals surface area contributed by atoms with Crippen molar-refractivity contribution in [2.45, 2.75) is 49.1 Å². The largest absolute Gasteiger partial charge is 0.481 e. The third kappa shape index (κ3) is 6.08. The molecule has 2 heterocycles. The Morgan fingerprint density at radius 2 is 1.85 bits per heavy atom. The van der Waals surface area contributed by atoms with E-state index in [4.69, 9.17) is 5.11 Å². The average Bonchev–Trinajstić information content (AvgIpc) is 2.80. The number of aliphatic carboxylic acids is 1. The standard InChI is InChI=1S/C21H27FN4O7S/c22-14-6-8-15(9-7-14)34(32,33)25-11-12-26(18(27)4-1-5-19(28)29)17(13-25)21(31)24-16-3-2-10-23-20(16)30/h6-9,16-17H,1-5,10-13H2,(H,23,30)(H,24,31)(H,28,29)/t16-,17+/m1/s1. The van der Waals surface area contributed by atoms with Crippen molar-refractivity contribution in [1.29, 1.82) is 0 Å². The van der Waals surface area contributed by atoms with Gasteiger partial charge in [-0.25, -0.2) is 12.8 Å². The number of carboxylic acids is 1. The van der Waals surface area contributed by atoms with Crippen molar-refractivity contribution in [3.63, 3.8) is 0 Å². The van der Waals surface area contributed by atoms with Gasteiger partial charge in [0.05, 0.1) is 4.90 Å². The number of carbonyl (C=O) groups excluding carboxylic acids is 3. The Morgan fingerprint density at radius 1 is 1.15 bits per heavy atom. The molecule has 2 aliphatic rings.